The number of benzene rings is 3. The molecule has 0 aromatic heterocycles. The first kappa shape index (κ1) is 27.4. The first-order valence-corrected chi connectivity index (χ1v) is 13.6. The second-order valence-electron chi connectivity index (χ2n) is 9.96. The molecule has 0 bridgehead atoms. The van der Waals surface area contributed by atoms with E-state index in [1.807, 2.05) is 62.4 Å². The molecule has 38 heavy (non-hydrogen) atoms. The number of ether oxygens (including phenoxy) is 1. The number of aliphatic hydroxyl groups is 2. The van der Waals surface area contributed by atoms with Crippen LogP contribution in [0.15, 0.2) is 72.8 Å². The van der Waals surface area contributed by atoms with Crippen molar-refractivity contribution in [3.63, 3.8) is 0 Å². The molecule has 3 N–H and O–H groups in total. The average molecular weight is 512 g/mol. The quantitative estimate of drug-likeness (QED) is 0.278. The van der Waals surface area contributed by atoms with Gasteiger partial charge in [0, 0.05) is 18.0 Å². The standard InChI is InChI=1S/C33H37NO4/c1-3-18-33(37,19-4-2)20-16-24-10-9-11-25(22-24)31(35)17-21-34-32(36)38-23-30-28-14-7-5-12-26(28)27-13-6-8-15-29(27)30/h5-15,22,30-31,35,37H,3-4,17-19,21,23H2,1-2H3,(H,34,36)/t31-/m0/s1. The molecule has 0 saturated carbocycles. The van der Waals surface area contributed by atoms with Crippen LogP contribution in [0.4, 0.5) is 4.79 Å². The van der Waals surface area contributed by atoms with E-state index in [1.54, 1.807) is 0 Å². The Kier molecular flexibility index (Phi) is 9.23. The van der Waals surface area contributed by atoms with Crippen LogP contribution in [0.2, 0.25) is 0 Å². The van der Waals surface area contributed by atoms with E-state index in [9.17, 15) is 15.0 Å². The molecule has 1 aliphatic rings. The van der Waals surface area contributed by atoms with Crippen LogP contribution in [0.3, 0.4) is 0 Å². The van der Waals surface area contributed by atoms with Crippen molar-refractivity contribution in [2.75, 3.05) is 13.2 Å². The van der Waals surface area contributed by atoms with Crippen molar-refractivity contribution in [1.82, 2.24) is 5.32 Å². The highest BCUT2D eigenvalue weighted by molar-refractivity contribution is 5.79. The predicted molar refractivity (Wildman–Crippen MR) is 151 cm³/mol. The number of nitrogens with one attached hydrogen (secondary N) is 1. The lowest BCUT2D eigenvalue weighted by Crippen LogP contribution is -2.28. The molecular weight excluding hydrogens is 474 g/mol. The normalized spacial score (nSPS) is 13.2. The average Bonchev–Trinajstić information content (AvgIpc) is 3.25. The number of aliphatic hydroxyl groups excluding tert-OH is 1. The van der Waals surface area contributed by atoms with Crippen LogP contribution in [0, 0.1) is 11.8 Å². The van der Waals surface area contributed by atoms with Crippen molar-refractivity contribution in [1.29, 1.82) is 0 Å². The van der Waals surface area contributed by atoms with E-state index in [0.29, 0.717) is 19.3 Å². The third-order valence-corrected chi connectivity index (χ3v) is 7.07. The smallest absolute Gasteiger partial charge is 0.407 e. The molecule has 0 aliphatic heterocycles. The molecule has 1 aliphatic carbocycles. The van der Waals surface area contributed by atoms with Gasteiger partial charge in [0.15, 0.2) is 0 Å². The monoisotopic (exact) mass is 511 g/mol. The zero-order chi connectivity index (χ0) is 27.0. The second-order valence-corrected chi connectivity index (χ2v) is 9.96. The summed E-state index contributed by atoms with van der Waals surface area (Å²) in [6, 6.07) is 23.9. The third-order valence-electron chi connectivity index (χ3n) is 7.07. The Balaban J connectivity index is 1.29. The van der Waals surface area contributed by atoms with E-state index in [2.05, 4.69) is 41.4 Å². The number of carbonyl (C=O) groups is 1. The summed E-state index contributed by atoms with van der Waals surface area (Å²) in [7, 11) is 0. The van der Waals surface area contributed by atoms with E-state index in [-0.39, 0.29) is 19.1 Å². The van der Waals surface area contributed by atoms with Crippen LogP contribution < -0.4 is 5.32 Å². The molecule has 0 radical (unpaired) electrons. The fraction of sp³-hybridized carbons (Fsp3) is 0.364. The van der Waals surface area contributed by atoms with Crippen molar-refractivity contribution >= 4 is 6.09 Å². The Morgan fingerprint density at radius 3 is 2.24 bits per heavy atom. The molecule has 5 nitrogen and oxygen atoms in total. The maximum Gasteiger partial charge on any atom is 0.407 e. The minimum Gasteiger partial charge on any atom is -0.449 e. The number of hydrogen-bond donors (Lipinski definition) is 3. The zero-order valence-corrected chi connectivity index (χ0v) is 22.2. The van der Waals surface area contributed by atoms with Crippen LogP contribution in [0.5, 0.6) is 0 Å². The molecule has 198 valence electrons. The highest BCUT2D eigenvalue weighted by Crippen LogP contribution is 2.44. The summed E-state index contributed by atoms with van der Waals surface area (Å²) in [5.74, 6) is 6.13. The molecule has 0 spiro atoms. The minimum atomic E-state index is -0.981. The topological polar surface area (TPSA) is 78.8 Å². The molecule has 0 fully saturated rings. The number of amides is 1. The summed E-state index contributed by atoms with van der Waals surface area (Å²) in [6.07, 6.45) is 2.09. The molecule has 4 rings (SSSR count). The highest BCUT2D eigenvalue weighted by atomic mass is 16.5. The van der Waals surface area contributed by atoms with Gasteiger partial charge in [-0.25, -0.2) is 4.79 Å². The second kappa shape index (κ2) is 12.8. The largest absolute Gasteiger partial charge is 0.449 e. The number of carbonyl (C=O) groups excluding carboxylic acids is 1. The van der Waals surface area contributed by atoms with Gasteiger partial charge in [-0.05, 0) is 59.2 Å². The maximum atomic E-state index is 12.4. The van der Waals surface area contributed by atoms with Crippen LogP contribution in [-0.2, 0) is 4.74 Å². The summed E-state index contributed by atoms with van der Waals surface area (Å²) in [5.41, 5.74) is 5.20. The molecule has 5 heteroatoms. The summed E-state index contributed by atoms with van der Waals surface area (Å²) < 4.78 is 5.58. The molecule has 0 heterocycles. The lowest BCUT2D eigenvalue weighted by Gasteiger charge is -2.20. The van der Waals surface area contributed by atoms with Crippen LogP contribution >= 0.6 is 0 Å². The van der Waals surface area contributed by atoms with Gasteiger partial charge in [-0.2, -0.15) is 0 Å². The molecule has 1 amide bonds. The Hall–Kier alpha value is -3.59. The number of rotatable bonds is 10. The van der Waals surface area contributed by atoms with E-state index in [0.717, 1.165) is 24.0 Å². The van der Waals surface area contributed by atoms with Gasteiger partial charge in [-0.3, -0.25) is 0 Å². The highest BCUT2D eigenvalue weighted by Gasteiger charge is 2.29. The maximum absolute atomic E-state index is 12.4. The van der Waals surface area contributed by atoms with Gasteiger partial charge in [0.25, 0.3) is 0 Å². The number of hydrogen-bond acceptors (Lipinski definition) is 4. The van der Waals surface area contributed by atoms with Gasteiger partial charge in [0.1, 0.15) is 12.2 Å². The summed E-state index contributed by atoms with van der Waals surface area (Å²) in [6.45, 7) is 4.61. The molecular formula is C33H37NO4. The molecule has 3 aromatic carbocycles. The Morgan fingerprint density at radius 1 is 0.974 bits per heavy atom. The van der Waals surface area contributed by atoms with Crippen molar-refractivity contribution < 1.29 is 19.7 Å². The number of fused-ring (bicyclic) bond motifs is 3. The lowest BCUT2D eigenvalue weighted by atomic mass is 9.93. The van der Waals surface area contributed by atoms with Crippen molar-refractivity contribution in [2.45, 2.75) is 63.6 Å². The van der Waals surface area contributed by atoms with Crippen LogP contribution in [0.25, 0.3) is 11.1 Å². The third kappa shape index (κ3) is 6.64. The van der Waals surface area contributed by atoms with Gasteiger partial charge in [0.05, 0.1) is 6.10 Å². The minimum absolute atomic E-state index is 0.00917. The zero-order valence-electron chi connectivity index (χ0n) is 22.2. The van der Waals surface area contributed by atoms with Gasteiger partial charge in [-0.1, -0.05) is 99.2 Å². The van der Waals surface area contributed by atoms with E-state index in [4.69, 9.17) is 4.74 Å². The predicted octanol–water partition coefficient (Wildman–Crippen LogP) is 6.33. The van der Waals surface area contributed by atoms with Gasteiger partial charge < -0.3 is 20.3 Å². The van der Waals surface area contributed by atoms with Gasteiger partial charge in [-0.15, -0.1) is 0 Å². The summed E-state index contributed by atoms with van der Waals surface area (Å²) in [5, 5.41) is 24.2. The fourth-order valence-electron chi connectivity index (χ4n) is 5.22. The van der Waals surface area contributed by atoms with Gasteiger partial charge >= 0.3 is 6.09 Å². The van der Waals surface area contributed by atoms with Gasteiger partial charge in [0.2, 0.25) is 0 Å². The Morgan fingerprint density at radius 2 is 1.61 bits per heavy atom. The van der Waals surface area contributed by atoms with Crippen molar-refractivity contribution in [3.05, 3.63) is 95.1 Å². The fourth-order valence-corrected chi connectivity index (χ4v) is 5.22. The molecule has 3 aromatic rings. The summed E-state index contributed by atoms with van der Waals surface area (Å²) >= 11 is 0. The van der Waals surface area contributed by atoms with Crippen molar-refractivity contribution in [3.8, 4) is 23.0 Å². The first-order chi connectivity index (χ1) is 18.4. The first-order valence-electron chi connectivity index (χ1n) is 13.6. The number of alkyl carbamates (subject to hydrolysis) is 1. The molecule has 0 unspecified atom stereocenters. The summed E-state index contributed by atoms with van der Waals surface area (Å²) in [4.78, 5) is 12.4. The SMILES string of the molecule is CCCC(O)(C#Cc1cccc([C@@H](O)CCNC(=O)OCC2c3ccccc3-c3ccccc32)c1)CCC. The van der Waals surface area contributed by atoms with Crippen molar-refractivity contribution in [2.24, 2.45) is 0 Å². The molecule has 1 atom stereocenters. The molecule has 0 saturated heterocycles. The van der Waals surface area contributed by atoms with Crippen LogP contribution in [-0.4, -0.2) is 35.1 Å². The van der Waals surface area contributed by atoms with E-state index >= 15 is 0 Å². The van der Waals surface area contributed by atoms with E-state index in [1.165, 1.54) is 22.3 Å². The Bertz CT molecular complexity index is 1250. The lowest BCUT2D eigenvalue weighted by molar-refractivity contribution is 0.0807. The van der Waals surface area contributed by atoms with E-state index < -0.39 is 17.8 Å². The Labute approximate surface area is 225 Å². The van der Waals surface area contributed by atoms with Crippen LogP contribution in [0.1, 0.15) is 80.2 Å².